The molecule has 30 heavy (non-hydrogen) atoms. The Hall–Kier alpha value is -2.91. The van der Waals surface area contributed by atoms with Gasteiger partial charge in [-0.25, -0.2) is 4.98 Å². The molecule has 0 amide bonds. The average Bonchev–Trinajstić information content (AvgIpc) is 3.39. The molecule has 2 aromatic heterocycles. The highest BCUT2D eigenvalue weighted by atomic mass is 15.4. The summed E-state index contributed by atoms with van der Waals surface area (Å²) < 4.78 is 1.94. The van der Waals surface area contributed by atoms with Crippen molar-refractivity contribution in [2.75, 3.05) is 32.1 Å². The average molecular weight is 403 g/mol. The number of nitriles is 1. The Bertz CT molecular complexity index is 1080. The first-order valence-electron chi connectivity index (χ1n) is 10.8. The van der Waals surface area contributed by atoms with Crippen molar-refractivity contribution in [3.05, 3.63) is 47.3 Å². The molecule has 1 fully saturated rings. The molecule has 4 rings (SSSR count). The largest absolute Gasteiger partial charge is 0.354 e. The van der Waals surface area contributed by atoms with Gasteiger partial charge in [-0.3, -0.25) is 0 Å². The zero-order chi connectivity index (χ0) is 21.3. The summed E-state index contributed by atoms with van der Waals surface area (Å²) in [7, 11) is 4.29. The molecular formula is C24H30N6. The summed E-state index contributed by atoms with van der Waals surface area (Å²) in [4.78, 5) is 9.51. The molecule has 3 aromatic rings. The molecule has 0 spiro atoms. The molecule has 1 atom stereocenters. The monoisotopic (exact) mass is 402 g/mol. The van der Waals surface area contributed by atoms with E-state index in [0.29, 0.717) is 17.3 Å². The molecule has 0 aliphatic carbocycles. The summed E-state index contributed by atoms with van der Waals surface area (Å²) in [5.74, 6) is 1.88. The summed E-state index contributed by atoms with van der Waals surface area (Å²) in [6.45, 7) is 6.13. The summed E-state index contributed by atoms with van der Waals surface area (Å²) in [5.41, 5.74) is 4.49. The van der Waals surface area contributed by atoms with Crippen LogP contribution in [0.2, 0.25) is 0 Å². The van der Waals surface area contributed by atoms with Crippen molar-refractivity contribution >= 4 is 11.5 Å². The van der Waals surface area contributed by atoms with Crippen LogP contribution in [-0.2, 0) is 6.42 Å². The predicted octanol–water partition coefficient (Wildman–Crippen LogP) is 4.06. The van der Waals surface area contributed by atoms with Crippen molar-refractivity contribution in [1.29, 1.82) is 5.26 Å². The van der Waals surface area contributed by atoms with Gasteiger partial charge >= 0.3 is 0 Å². The highest BCUT2D eigenvalue weighted by Gasteiger charge is 2.30. The number of benzene rings is 1. The number of pyridine rings is 1. The van der Waals surface area contributed by atoms with E-state index in [1.165, 1.54) is 0 Å². The minimum Gasteiger partial charge on any atom is -0.354 e. The highest BCUT2D eigenvalue weighted by molar-refractivity contribution is 5.85. The van der Waals surface area contributed by atoms with Gasteiger partial charge in [-0.1, -0.05) is 43.7 Å². The lowest BCUT2D eigenvalue weighted by Gasteiger charge is -2.26. The molecule has 0 saturated carbocycles. The number of aryl methyl sites for hydroxylation is 1. The highest BCUT2D eigenvalue weighted by Crippen LogP contribution is 2.38. The third-order valence-corrected chi connectivity index (χ3v) is 6.17. The van der Waals surface area contributed by atoms with Gasteiger partial charge in [0.15, 0.2) is 11.5 Å². The van der Waals surface area contributed by atoms with Crippen LogP contribution >= 0.6 is 0 Å². The van der Waals surface area contributed by atoms with Crippen molar-refractivity contribution in [3.8, 4) is 17.2 Å². The number of hydrogen-bond acceptors (Lipinski definition) is 5. The van der Waals surface area contributed by atoms with Crippen LogP contribution in [-0.4, -0.2) is 52.7 Å². The predicted molar refractivity (Wildman–Crippen MR) is 121 cm³/mol. The van der Waals surface area contributed by atoms with Gasteiger partial charge in [-0.05, 0) is 45.0 Å². The van der Waals surface area contributed by atoms with Gasteiger partial charge in [0.2, 0.25) is 0 Å². The first kappa shape index (κ1) is 20.4. The van der Waals surface area contributed by atoms with E-state index in [1.54, 1.807) is 0 Å². The summed E-state index contributed by atoms with van der Waals surface area (Å²) >= 11 is 0. The lowest BCUT2D eigenvalue weighted by atomic mass is 9.97. The summed E-state index contributed by atoms with van der Waals surface area (Å²) in [6.07, 6.45) is 4.09. The van der Waals surface area contributed by atoms with E-state index >= 15 is 0 Å². The van der Waals surface area contributed by atoms with E-state index in [4.69, 9.17) is 10.1 Å². The van der Waals surface area contributed by atoms with Crippen LogP contribution in [0, 0.1) is 18.3 Å². The van der Waals surface area contributed by atoms with Gasteiger partial charge < -0.3 is 9.80 Å². The van der Waals surface area contributed by atoms with E-state index in [1.807, 2.05) is 17.5 Å². The molecule has 1 aliphatic heterocycles. The van der Waals surface area contributed by atoms with Crippen molar-refractivity contribution in [2.45, 2.75) is 45.6 Å². The molecule has 0 radical (unpaired) electrons. The van der Waals surface area contributed by atoms with Gasteiger partial charge in [0, 0.05) is 31.1 Å². The van der Waals surface area contributed by atoms with Crippen LogP contribution < -0.4 is 4.90 Å². The Morgan fingerprint density at radius 2 is 2.00 bits per heavy atom. The molecule has 1 aromatic carbocycles. The fourth-order valence-corrected chi connectivity index (χ4v) is 4.40. The van der Waals surface area contributed by atoms with Crippen LogP contribution in [0.4, 0.5) is 5.82 Å². The first-order chi connectivity index (χ1) is 14.5. The molecular weight excluding hydrogens is 372 g/mol. The van der Waals surface area contributed by atoms with Crippen molar-refractivity contribution in [3.63, 3.8) is 0 Å². The lowest BCUT2D eigenvalue weighted by molar-refractivity contribution is 0.315. The zero-order valence-corrected chi connectivity index (χ0v) is 18.4. The van der Waals surface area contributed by atoms with E-state index in [9.17, 15) is 5.26 Å². The van der Waals surface area contributed by atoms with Crippen molar-refractivity contribution in [2.24, 2.45) is 0 Å². The second-order valence-corrected chi connectivity index (χ2v) is 8.40. The molecule has 3 heterocycles. The zero-order valence-electron chi connectivity index (χ0n) is 18.4. The molecule has 1 saturated heterocycles. The lowest BCUT2D eigenvalue weighted by Crippen LogP contribution is -2.32. The Morgan fingerprint density at radius 3 is 2.63 bits per heavy atom. The number of nitrogens with zero attached hydrogens (tertiary/aromatic N) is 6. The van der Waals surface area contributed by atoms with Gasteiger partial charge in [0.25, 0.3) is 0 Å². The van der Waals surface area contributed by atoms with Gasteiger partial charge in [0.05, 0.1) is 0 Å². The van der Waals surface area contributed by atoms with Gasteiger partial charge in [-0.2, -0.15) is 9.78 Å². The number of rotatable bonds is 6. The molecule has 0 N–H and O–H groups in total. The molecule has 156 valence electrons. The van der Waals surface area contributed by atoms with Crippen LogP contribution in [0.3, 0.4) is 0 Å². The standard InChI is InChI=1S/C24H30N6/c1-5-6-12-21-26-23-20(15-25)17(2)22(18-10-8-7-9-11-18)24(30(23)27-21)29-14-13-19(16-29)28(3)4/h7-11,19H,5-6,12-14,16H2,1-4H3/t19-/m0/s1. The normalized spacial score (nSPS) is 16.5. The molecule has 0 bridgehead atoms. The summed E-state index contributed by atoms with van der Waals surface area (Å²) in [5, 5.41) is 14.9. The van der Waals surface area contributed by atoms with Gasteiger partial charge in [0.1, 0.15) is 17.5 Å². The Balaban J connectivity index is 1.98. The van der Waals surface area contributed by atoms with E-state index < -0.39 is 0 Å². The topological polar surface area (TPSA) is 60.5 Å². The Morgan fingerprint density at radius 1 is 1.23 bits per heavy atom. The smallest absolute Gasteiger partial charge is 0.176 e. The fourth-order valence-electron chi connectivity index (χ4n) is 4.40. The maximum Gasteiger partial charge on any atom is 0.176 e. The fraction of sp³-hybridized carbons (Fsp3) is 0.458. The maximum atomic E-state index is 9.99. The second-order valence-electron chi connectivity index (χ2n) is 8.40. The SMILES string of the molecule is CCCCc1nc2c(C#N)c(C)c(-c3ccccc3)c(N3CC[C@H](N(C)C)C3)n2n1. The minimum absolute atomic E-state index is 0.503. The van der Waals surface area contributed by atoms with Crippen LogP contribution in [0.25, 0.3) is 16.8 Å². The molecule has 0 unspecified atom stereocenters. The van der Waals surface area contributed by atoms with E-state index in [0.717, 1.165) is 67.1 Å². The number of likely N-dealkylation sites (N-methyl/N-ethyl adjacent to an activating group) is 1. The molecule has 6 heteroatoms. The second kappa shape index (κ2) is 8.45. The Labute approximate surface area is 178 Å². The third-order valence-electron chi connectivity index (χ3n) is 6.17. The third kappa shape index (κ3) is 3.54. The van der Waals surface area contributed by atoms with Crippen LogP contribution in [0.1, 0.15) is 43.1 Å². The maximum absolute atomic E-state index is 9.99. The number of unbranched alkanes of at least 4 members (excludes halogenated alkanes) is 1. The quantitative estimate of drug-likeness (QED) is 0.622. The Kier molecular flexibility index (Phi) is 5.74. The number of fused-ring (bicyclic) bond motifs is 1. The van der Waals surface area contributed by atoms with E-state index in [2.05, 4.69) is 61.2 Å². The first-order valence-corrected chi connectivity index (χ1v) is 10.8. The van der Waals surface area contributed by atoms with Crippen molar-refractivity contribution < 1.29 is 0 Å². The van der Waals surface area contributed by atoms with Crippen molar-refractivity contribution in [1.82, 2.24) is 19.5 Å². The molecule has 1 aliphatic rings. The van der Waals surface area contributed by atoms with Crippen LogP contribution in [0.5, 0.6) is 0 Å². The number of aromatic nitrogens is 3. The summed E-state index contributed by atoms with van der Waals surface area (Å²) in [6, 6.07) is 13.3. The van der Waals surface area contributed by atoms with Gasteiger partial charge in [-0.15, -0.1) is 5.10 Å². The minimum atomic E-state index is 0.503. The number of hydrogen-bond donors (Lipinski definition) is 0. The van der Waals surface area contributed by atoms with E-state index in [-0.39, 0.29) is 0 Å². The number of anilines is 1. The molecule has 6 nitrogen and oxygen atoms in total. The van der Waals surface area contributed by atoms with Crippen LogP contribution in [0.15, 0.2) is 30.3 Å².